The molecule has 3 fully saturated rings. The highest BCUT2D eigenvalue weighted by Crippen LogP contribution is 2.41. The van der Waals surface area contributed by atoms with Gasteiger partial charge in [-0.25, -0.2) is 4.98 Å². The van der Waals surface area contributed by atoms with E-state index in [1.165, 1.54) is 0 Å². The number of aromatic amines is 1. The summed E-state index contributed by atoms with van der Waals surface area (Å²) >= 11 is 0. The number of aliphatic hydroxyl groups excluding tert-OH is 1. The minimum Gasteiger partial charge on any atom is -0.379 e. The van der Waals surface area contributed by atoms with Gasteiger partial charge in [0.15, 0.2) is 5.65 Å². The lowest BCUT2D eigenvalue weighted by Gasteiger charge is -2.44. The zero-order chi connectivity index (χ0) is 30.8. The molecule has 1 unspecified atom stereocenters. The van der Waals surface area contributed by atoms with Crippen molar-refractivity contribution in [3.63, 3.8) is 0 Å². The predicted molar refractivity (Wildman–Crippen MR) is 169 cm³/mol. The minimum absolute atomic E-state index is 0.0431. The van der Waals surface area contributed by atoms with Gasteiger partial charge in [0.25, 0.3) is 0 Å². The third kappa shape index (κ3) is 5.89. The first-order chi connectivity index (χ1) is 22.0. The average molecular weight is 611 g/mol. The van der Waals surface area contributed by atoms with E-state index < -0.39 is 11.8 Å². The number of aliphatic hydroxyl groups is 1. The molecular formula is C33H38N8O4. The minimum atomic E-state index is -0.852. The van der Waals surface area contributed by atoms with Gasteiger partial charge in [-0.3, -0.25) is 24.5 Å². The Labute approximate surface area is 261 Å². The number of aromatic nitrogens is 3. The third-order valence-electron chi connectivity index (χ3n) is 9.29. The Hall–Kier alpha value is -4.36. The number of morpholine rings is 1. The SMILES string of the molecule is O=C(CN1CN(c2ccccc2)C2(CCN(C(O)c3cnc4[nH]ncc4c3)CC2)C1=O)Nc1ccccc1CN1CCOCC1. The fraction of sp³-hybridized carbons (Fsp3) is 0.394. The molecule has 4 aromatic rings. The van der Waals surface area contributed by atoms with Crippen LogP contribution in [0.3, 0.4) is 0 Å². The van der Waals surface area contributed by atoms with Crippen molar-refractivity contribution in [2.45, 2.75) is 31.2 Å². The molecule has 3 aliphatic heterocycles. The molecule has 0 bridgehead atoms. The Balaban J connectivity index is 1.06. The average Bonchev–Trinajstić information content (AvgIpc) is 3.65. The van der Waals surface area contributed by atoms with Gasteiger partial charge in [0.1, 0.15) is 18.3 Å². The first kappa shape index (κ1) is 29.4. The van der Waals surface area contributed by atoms with Crippen LogP contribution in [0.5, 0.6) is 0 Å². The van der Waals surface area contributed by atoms with E-state index in [4.69, 9.17) is 4.74 Å². The molecule has 7 rings (SSSR count). The van der Waals surface area contributed by atoms with Gasteiger partial charge in [0.05, 0.1) is 26.1 Å². The number of hydrogen-bond acceptors (Lipinski definition) is 9. The molecule has 2 amide bonds. The monoisotopic (exact) mass is 610 g/mol. The summed E-state index contributed by atoms with van der Waals surface area (Å²) in [5.41, 5.74) is 3.29. The maximum atomic E-state index is 14.2. The van der Waals surface area contributed by atoms with Gasteiger partial charge < -0.3 is 25.0 Å². The molecule has 12 nitrogen and oxygen atoms in total. The van der Waals surface area contributed by atoms with Gasteiger partial charge >= 0.3 is 0 Å². The first-order valence-electron chi connectivity index (χ1n) is 15.5. The highest BCUT2D eigenvalue weighted by atomic mass is 16.5. The molecule has 1 spiro atoms. The van der Waals surface area contributed by atoms with Gasteiger partial charge in [-0.15, -0.1) is 0 Å². The summed E-state index contributed by atoms with van der Waals surface area (Å²) in [4.78, 5) is 40.1. The molecule has 3 N–H and O–H groups in total. The second kappa shape index (κ2) is 12.6. The number of hydrogen-bond donors (Lipinski definition) is 3. The summed E-state index contributed by atoms with van der Waals surface area (Å²) < 4.78 is 5.48. The number of likely N-dealkylation sites (tertiary alicyclic amines) is 1. The van der Waals surface area contributed by atoms with Crippen LogP contribution in [0.15, 0.2) is 73.1 Å². The fourth-order valence-electron chi connectivity index (χ4n) is 6.81. The molecule has 234 valence electrons. The summed E-state index contributed by atoms with van der Waals surface area (Å²) in [6, 6.07) is 19.6. The van der Waals surface area contributed by atoms with Crippen LogP contribution >= 0.6 is 0 Å². The van der Waals surface area contributed by atoms with Crippen molar-refractivity contribution in [1.82, 2.24) is 29.9 Å². The highest BCUT2D eigenvalue weighted by molar-refractivity contribution is 5.99. The number of H-pyrrole nitrogens is 1. The molecule has 1 atom stereocenters. The zero-order valence-corrected chi connectivity index (χ0v) is 25.1. The lowest BCUT2D eigenvalue weighted by atomic mass is 9.85. The summed E-state index contributed by atoms with van der Waals surface area (Å²) in [6.07, 6.45) is 3.52. The molecule has 3 saturated heterocycles. The number of nitrogens with zero attached hydrogens (tertiary/aromatic N) is 6. The molecule has 45 heavy (non-hydrogen) atoms. The van der Waals surface area contributed by atoms with Crippen molar-refractivity contribution in [3.05, 3.63) is 84.2 Å². The first-order valence-corrected chi connectivity index (χ1v) is 15.5. The molecule has 3 aliphatic rings. The predicted octanol–water partition coefficient (Wildman–Crippen LogP) is 2.56. The van der Waals surface area contributed by atoms with E-state index in [2.05, 4.69) is 30.3 Å². The Kier molecular flexibility index (Phi) is 8.19. The van der Waals surface area contributed by atoms with Crippen molar-refractivity contribution in [2.24, 2.45) is 0 Å². The number of carbonyl (C=O) groups is 2. The second-order valence-corrected chi connectivity index (χ2v) is 12.0. The number of benzene rings is 2. The van der Waals surface area contributed by atoms with Crippen molar-refractivity contribution >= 4 is 34.2 Å². The van der Waals surface area contributed by atoms with Crippen LogP contribution in [-0.2, 0) is 20.9 Å². The van der Waals surface area contributed by atoms with Gasteiger partial charge in [0, 0.05) is 61.2 Å². The Morgan fingerprint density at radius 3 is 2.58 bits per heavy atom. The topological polar surface area (TPSA) is 130 Å². The number of rotatable bonds is 8. The van der Waals surface area contributed by atoms with Crippen LogP contribution in [-0.4, -0.2) is 105 Å². The highest BCUT2D eigenvalue weighted by Gasteiger charge is 2.54. The van der Waals surface area contributed by atoms with E-state index in [1.54, 1.807) is 17.3 Å². The quantitative estimate of drug-likeness (QED) is 0.276. The van der Waals surface area contributed by atoms with E-state index in [0.717, 1.165) is 42.0 Å². The largest absolute Gasteiger partial charge is 0.379 e. The number of piperidine rings is 1. The van der Waals surface area contributed by atoms with Crippen molar-refractivity contribution < 1.29 is 19.4 Å². The van der Waals surface area contributed by atoms with E-state index in [9.17, 15) is 14.7 Å². The standard InChI is InChI=1S/C33H38N8O4/c42-29(36-28-9-5-4-6-24(28)21-38-14-16-45-17-15-38)22-40-23-41(27-7-2-1-3-8-27)33(32(40)44)10-12-39(13-11-33)31(43)26-18-25-20-35-37-30(25)34-19-26/h1-9,18-20,31,43H,10-17,21-23H2,(H,36,42)(H,34,35,37). The Morgan fingerprint density at radius 1 is 1.02 bits per heavy atom. The Morgan fingerprint density at radius 2 is 1.78 bits per heavy atom. The maximum Gasteiger partial charge on any atom is 0.250 e. The molecule has 12 heteroatoms. The molecule has 0 aliphatic carbocycles. The second-order valence-electron chi connectivity index (χ2n) is 12.0. The van der Waals surface area contributed by atoms with Gasteiger partial charge in [0.2, 0.25) is 11.8 Å². The molecule has 5 heterocycles. The van der Waals surface area contributed by atoms with Crippen LogP contribution < -0.4 is 10.2 Å². The van der Waals surface area contributed by atoms with Crippen LogP contribution in [0.2, 0.25) is 0 Å². The molecule has 2 aromatic carbocycles. The Bertz CT molecular complexity index is 1650. The summed E-state index contributed by atoms with van der Waals surface area (Å²) in [5, 5.41) is 22.0. The van der Waals surface area contributed by atoms with E-state index in [1.807, 2.05) is 65.6 Å². The van der Waals surface area contributed by atoms with Crippen molar-refractivity contribution in [3.8, 4) is 0 Å². The summed E-state index contributed by atoms with van der Waals surface area (Å²) in [5.74, 6) is -0.281. The van der Waals surface area contributed by atoms with E-state index in [0.29, 0.717) is 57.0 Å². The third-order valence-corrected chi connectivity index (χ3v) is 9.29. The maximum absolute atomic E-state index is 14.2. The van der Waals surface area contributed by atoms with Gasteiger partial charge in [-0.1, -0.05) is 36.4 Å². The van der Waals surface area contributed by atoms with Crippen LogP contribution in [0.4, 0.5) is 11.4 Å². The molecule has 0 saturated carbocycles. The number of fused-ring (bicyclic) bond motifs is 1. The van der Waals surface area contributed by atoms with Crippen molar-refractivity contribution in [2.75, 3.05) is 62.8 Å². The zero-order valence-electron chi connectivity index (χ0n) is 25.1. The lowest BCUT2D eigenvalue weighted by Crippen LogP contribution is -2.57. The number of nitrogens with one attached hydrogen (secondary N) is 2. The number of carbonyl (C=O) groups excluding carboxylic acids is 2. The smallest absolute Gasteiger partial charge is 0.250 e. The molecular weight excluding hydrogens is 572 g/mol. The van der Waals surface area contributed by atoms with Crippen molar-refractivity contribution in [1.29, 1.82) is 0 Å². The van der Waals surface area contributed by atoms with E-state index in [-0.39, 0.29) is 18.4 Å². The number of anilines is 2. The number of amides is 2. The molecule has 2 aromatic heterocycles. The van der Waals surface area contributed by atoms with Crippen LogP contribution in [0, 0.1) is 0 Å². The van der Waals surface area contributed by atoms with Gasteiger partial charge in [-0.05, 0) is 42.7 Å². The lowest BCUT2D eigenvalue weighted by molar-refractivity contribution is -0.137. The number of ether oxygens (including phenoxy) is 1. The van der Waals surface area contributed by atoms with E-state index >= 15 is 0 Å². The fourth-order valence-corrected chi connectivity index (χ4v) is 6.81. The van der Waals surface area contributed by atoms with Gasteiger partial charge in [-0.2, -0.15) is 5.10 Å². The molecule has 0 radical (unpaired) electrons. The number of para-hydroxylation sites is 2. The van der Waals surface area contributed by atoms with Crippen LogP contribution in [0.25, 0.3) is 11.0 Å². The summed E-state index contributed by atoms with van der Waals surface area (Å²) in [6.45, 7) is 5.14. The van der Waals surface area contributed by atoms with Crippen LogP contribution in [0.1, 0.15) is 30.2 Å². The number of pyridine rings is 1. The normalized spacial score (nSPS) is 19.8. The summed E-state index contributed by atoms with van der Waals surface area (Å²) in [7, 11) is 0.